The Bertz CT molecular complexity index is 530. The van der Waals surface area contributed by atoms with Gasteiger partial charge in [-0.3, -0.25) is 10.1 Å². The van der Waals surface area contributed by atoms with Gasteiger partial charge in [-0.05, 0) is 18.8 Å². The number of aromatic nitrogens is 2. The Balaban J connectivity index is 2.27. The van der Waals surface area contributed by atoms with Gasteiger partial charge in [0.25, 0.3) is 5.88 Å². The maximum Gasteiger partial charge on any atom is 0.372 e. The van der Waals surface area contributed by atoms with E-state index in [4.69, 9.17) is 9.47 Å². The van der Waals surface area contributed by atoms with E-state index in [1.165, 1.54) is 7.11 Å². The summed E-state index contributed by atoms with van der Waals surface area (Å²) in [7, 11) is 1.37. The molecule has 8 heteroatoms. The number of rotatable bonds is 7. The van der Waals surface area contributed by atoms with Gasteiger partial charge in [0.15, 0.2) is 0 Å². The van der Waals surface area contributed by atoms with Crippen molar-refractivity contribution in [2.24, 2.45) is 5.92 Å². The fourth-order valence-corrected chi connectivity index (χ4v) is 2.38. The fraction of sp³-hybridized carbons (Fsp3) is 0.714. The largest absolute Gasteiger partial charge is 0.476 e. The summed E-state index contributed by atoms with van der Waals surface area (Å²) in [5.41, 5.74) is -0.229. The molecule has 1 aromatic heterocycles. The van der Waals surface area contributed by atoms with Crippen LogP contribution >= 0.6 is 0 Å². The van der Waals surface area contributed by atoms with Crippen molar-refractivity contribution in [2.45, 2.75) is 39.2 Å². The van der Waals surface area contributed by atoms with Crippen molar-refractivity contribution in [2.75, 3.05) is 25.6 Å². The highest BCUT2D eigenvalue weighted by molar-refractivity contribution is 5.61. The zero-order valence-electron chi connectivity index (χ0n) is 13.2. The third-order valence-electron chi connectivity index (χ3n) is 3.39. The molecule has 8 nitrogen and oxygen atoms in total. The minimum atomic E-state index is -0.518. The third-order valence-corrected chi connectivity index (χ3v) is 3.39. The van der Waals surface area contributed by atoms with Gasteiger partial charge in [-0.1, -0.05) is 13.8 Å². The van der Waals surface area contributed by atoms with Crippen molar-refractivity contribution in [3.63, 3.8) is 0 Å². The van der Waals surface area contributed by atoms with Crippen LogP contribution in [0.4, 0.5) is 11.5 Å². The Morgan fingerprint density at radius 1 is 1.50 bits per heavy atom. The molecule has 0 amide bonds. The van der Waals surface area contributed by atoms with E-state index in [1.54, 1.807) is 0 Å². The van der Waals surface area contributed by atoms with Gasteiger partial charge in [0.1, 0.15) is 5.82 Å². The van der Waals surface area contributed by atoms with Crippen LogP contribution in [0.5, 0.6) is 5.88 Å². The second-order valence-corrected chi connectivity index (χ2v) is 5.72. The quantitative estimate of drug-likeness (QED) is 0.608. The molecule has 0 aromatic carbocycles. The fourth-order valence-electron chi connectivity index (χ4n) is 2.38. The van der Waals surface area contributed by atoms with Crippen LogP contribution in [0.15, 0.2) is 0 Å². The van der Waals surface area contributed by atoms with E-state index in [0.717, 1.165) is 19.4 Å². The molecule has 1 fully saturated rings. The van der Waals surface area contributed by atoms with Gasteiger partial charge in [-0.25, -0.2) is 4.98 Å². The van der Waals surface area contributed by atoms with Gasteiger partial charge >= 0.3 is 5.69 Å². The van der Waals surface area contributed by atoms with Crippen LogP contribution in [0, 0.1) is 16.0 Å². The second-order valence-electron chi connectivity index (χ2n) is 5.72. The van der Waals surface area contributed by atoms with Crippen molar-refractivity contribution in [1.29, 1.82) is 0 Å². The highest BCUT2D eigenvalue weighted by atomic mass is 16.6. The van der Waals surface area contributed by atoms with Gasteiger partial charge in [0.05, 0.1) is 18.1 Å². The molecule has 1 aromatic rings. The number of nitrogens with one attached hydrogen (secondary N) is 1. The van der Waals surface area contributed by atoms with Gasteiger partial charge < -0.3 is 14.8 Å². The summed E-state index contributed by atoms with van der Waals surface area (Å²) >= 11 is 0. The predicted molar refractivity (Wildman–Crippen MR) is 81.2 cm³/mol. The number of anilines is 1. The highest BCUT2D eigenvalue weighted by Crippen LogP contribution is 2.32. The summed E-state index contributed by atoms with van der Waals surface area (Å²) in [5, 5.41) is 14.3. The van der Waals surface area contributed by atoms with E-state index in [-0.39, 0.29) is 23.5 Å². The maximum absolute atomic E-state index is 11.3. The molecule has 2 heterocycles. The molecule has 0 radical (unpaired) electrons. The molecule has 1 saturated heterocycles. The van der Waals surface area contributed by atoms with E-state index in [2.05, 4.69) is 15.3 Å². The lowest BCUT2D eigenvalue weighted by atomic mass is 10.1. The molecule has 1 atom stereocenters. The van der Waals surface area contributed by atoms with Crippen LogP contribution in [0.2, 0.25) is 0 Å². The number of nitro groups is 1. The number of methoxy groups -OCH3 is 1. The number of nitrogens with zero attached hydrogens (tertiary/aromatic N) is 3. The molecule has 1 aliphatic heterocycles. The number of ether oxygens (including phenoxy) is 2. The van der Waals surface area contributed by atoms with E-state index < -0.39 is 4.92 Å². The minimum absolute atomic E-state index is 0.00881. The monoisotopic (exact) mass is 310 g/mol. The van der Waals surface area contributed by atoms with E-state index in [9.17, 15) is 10.1 Å². The van der Waals surface area contributed by atoms with Gasteiger partial charge in [0, 0.05) is 19.6 Å². The highest BCUT2D eigenvalue weighted by Gasteiger charge is 2.27. The average molecular weight is 310 g/mol. The molecule has 2 rings (SSSR count). The lowest BCUT2D eigenvalue weighted by molar-refractivity contribution is -0.385. The lowest BCUT2D eigenvalue weighted by Crippen LogP contribution is -2.20. The number of hydrogen-bond donors (Lipinski definition) is 1. The first-order valence-corrected chi connectivity index (χ1v) is 7.46. The molecular formula is C14H22N4O4. The molecule has 0 aliphatic carbocycles. The van der Waals surface area contributed by atoms with E-state index >= 15 is 0 Å². The first-order chi connectivity index (χ1) is 10.5. The van der Waals surface area contributed by atoms with Crippen molar-refractivity contribution in [3.8, 4) is 5.88 Å². The lowest BCUT2D eigenvalue weighted by Gasteiger charge is -2.14. The molecule has 1 unspecified atom stereocenters. The second kappa shape index (κ2) is 7.35. The molecule has 0 bridgehead atoms. The van der Waals surface area contributed by atoms with Crippen molar-refractivity contribution >= 4 is 11.5 Å². The molecule has 0 spiro atoms. The standard InChI is InChI=1S/C14H22N4O4/c1-9(2)7-11-16-13(15-8-10-5-4-6-22-10)12(18(19)20)14(17-11)21-3/h9-10H,4-8H2,1-3H3,(H,15,16,17). The summed E-state index contributed by atoms with van der Waals surface area (Å²) in [6, 6.07) is 0. The van der Waals surface area contributed by atoms with Crippen molar-refractivity contribution < 1.29 is 14.4 Å². The van der Waals surface area contributed by atoms with Gasteiger partial charge in [-0.2, -0.15) is 4.98 Å². The van der Waals surface area contributed by atoms with Crippen LogP contribution in [-0.4, -0.2) is 41.3 Å². The summed E-state index contributed by atoms with van der Waals surface area (Å²) in [4.78, 5) is 19.2. The average Bonchev–Trinajstić information content (AvgIpc) is 2.96. The molecule has 1 aliphatic rings. The molecule has 22 heavy (non-hydrogen) atoms. The zero-order valence-corrected chi connectivity index (χ0v) is 13.2. The Labute approximate surface area is 129 Å². The van der Waals surface area contributed by atoms with Gasteiger partial charge in [-0.15, -0.1) is 0 Å². The molecule has 122 valence electrons. The SMILES string of the molecule is COc1nc(CC(C)C)nc(NCC2CCCO2)c1[N+](=O)[O-]. The van der Waals surface area contributed by atoms with Crippen molar-refractivity contribution in [1.82, 2.24) is 9.97 Å². The van der Waals surface area contributed by atoms with Crippen LogP contribution < -0.4 is 10.1 Å². The third kappa shape index (κ3) is 4.03. The topological polar surface area (TPSA) is 99.4 Å². The predicted octanol–water partition coefficient (Wildman–Crippen LogP) is 2.18. The van der Waals surface area contributed by atoms with E-state index in [0.29, 0.717) is 24.7 Å². The minimum Gasteiger partial charge on any atom is -0.476 e. The van der Waals surface area contributed by atoms with Crippen LogP contribution in [0.3, 0.4) is 0 Å². The van der Waals surface area contributed by atoms with Crippen LogP contribution in [-0.2, 0) is 11.2 Å². The first kappa shape index (κ1) is 16.4. The Morgan fingerprint density at radius 3 is 2.82 bits per heavy atom. The zero-order chi connectivity index (χ0) is 16.1. The smallest absolute Gasteiger partial charge is 0.372 e. The Morgan fingerprint density at radius 2 is 2.27 bits per heavy atom. The number of hydrogen-bond acceptors (Lipinski definition) is 7. The maximum atomic E-state index is 11.3. The molecule has 0 saturated carbocycles. The van der Waals surface area contributed by atoms with Crippen molar-refractivity contribution in [3.05, 3.63) is 15.9 Å². The Hall–Kier alpha value is -1.96. The summed E-state index contributed by atoms with van der Waals surface area (Å²) < 4.78 is 10.6. The Kier molecular flexibility index (Phi) is 5.48. The molecule has 1 N–H and O–H groups in total. The first-order valence-electron chi connectivity index (χ1n) is 7.46. The van der Waals surface area contributed by atoms with Gasteiger partial charge in [0.2, 0.25) is 5.82 Å². The summed E-state index contributed by atoms with van der Waals surface area (Å²) in [6.07, 6.45) is 2.65. The van der Waals surface area contributed by atoms with E-state index in [1.807, 2.05) is 13.8 Å². The summed E-state index contributed by atoms with van der Waals surface area (Å²) in [5.74, 6) is 1.07. The summed E-state index contributed by atoms with van der Waals surface area (Å²) in [6.45, 7) is 5.30. The molecular weight excluding hydrogens is 288 g/mol. The normalized spacial score (nSPS) is 17.7. The van der Waals surface area contributed by atoms with Crippen LogP contribution in [0.1, 0.15) is 32.5 Å². The van der Waals surface area contributed by atoms with Crippen LogP contribution in [0.25, 0.3) is 0 Å².